The highest BCUT2D eigenvalue weighted by atomic mass is 16.5. The monoisotopic (exact) mass is 412 g/mol. The zero-order chi connectivity index (χ0) is 21.8. The van der Waals surface area contributed by atoms with Crippen LogP contribution in [-0.4, -0.2) is 39.9 Å². The summed E-state index contributed by atoms with van der Waals surface area (Å²) in [5, 5.41) is 15.8. The first-order valence-electron chi connectivity index (χ1n) is 9.09. The lowest BCUT2D eigenvalue weighted by molar-refractivity contribution is 0.248. The average molecular weight is 412 g/mol. The summed E-state index contributed by atoms with van der Waals surface area (Å²) in [7, 11) is 2.94. The average Bonchev–Trinajstić information content (AvgIpc) is 3.07. The van der Waals surface area contributed by atoms with Crippen LogP contribution in [0, 0.1) is 13.8 Å². The van der Waals surface area contributed by atoms with Crippen LogP contribution < -0.4 is 25.8 Å². The number of carbonyl (C=O) groups is 1. The van der Waals surface area contributed by atoms with E-state index in [0.29, 0.717) is 29.7 Å². The Hall–Kier alpha value is -3.95. The number of ether oxygens (including phenoxy) is 2. The second-order valence-corrected chi connectivity index (χ2v) is 6.65. The molecule has 0 aliphatic heterocycles. The molecule has 30 heavy (non-hydrogen) atoms. The molecule has 3 rings (SSSR count). The number of anilines is 2. The van der Waals surface area contributed by atoms with Gasteiger partial charge in [0.05, 0.1) is 14.2 Å². The molecule has 0 saturated carbocycles. The van der Waals surface area contributed by atoms with Crippen molar-refractivity contribution < 1.29 is 19.4 Å². The maximum absolute atomic E-state index is 11.0. The van der Waals surface area contributed by atoms with Crippen molar-refractivity contribution in [2.45, 2.75) is 20.4 Å². The molecule has 0 atom stereocenters. The minimum atomic E-state index is -0.579. The number of nitrogens with zero attached hydrogens (tertiary/aromatic N) is 3. The fraction of sp³-hybridized carbons (Fsp3) is 0.250. The summed E-state index contributed by atoms with van der Waals surface area (Å²) in [6, 6.07) is 2.59. The fourth-order valence-corrected chi connectivity index (χ4v) is 2.99. The van der Waals surface area contributed by atoms with Gasteiger partial charge < -0.3 is 35.5 Å². The summed E-state index contributed by atoms with van der Waals surface area (Å²) in [4.78, 5) is 19.9. The van der Waals surface area contributed by atoms with Crippen molar-refractivity contribution in [1.29, 1.82) is 0 Å². The Balaban J connectivity index is 1.90. The second-order valence-electron chi connectivity index (χ2n) is 6.65. The van der Waals surface area contributed by atoms with Crippen molar-refractivity contribution in [2.75, 3.05) is 19.5 Å². The van der Waals surface area contributed by atoms with E-state index in [2.05, 4.69) is 20.6 Å². The molecule has 5 N–H and O–H groups in total. The van der Waals surface area contributed by atoms with Crippen LogP contribution in [0.2, 0.25) is 0 Å². The van der Waals surface area contributed by atoms with E-state index >= 15 is 0 Å². The van der Waals surface area contributed by atoms with E-state index in [-0.39, 0.29) is 11.5 Å². The van der Waals surface area contributed by atoms with Gasteiger partial charge in [-0.3, -0.25) is 0 Å². The molecule has 0 bridgehead atoms. The normalized spacial score (nSPS) is 10.5. The highest BCUT2D eigenvalue weighted by Gasteiger charge is 2.14. The quantitative estimate of drug-likeness (QED) is 0.468. The van der Waals surface area contributed by atoms with Crippen molar-refractivity contribution in [3.8, 4) is 23.1 Å². The molecular formula is C20H24N6O4. The third kappa shape index (κ3) is 4.37. The van der Waals surface area contributed by atoms with Crippen LogP contribution in [0.3, 0.4) is 0 Å². The van der Waals surface area contributed by atoms with Crippen LogP contribution in [0.1, 0.15) is 16.7 Å². The summed E-state index contributed by atoms with van der Waals surface area (Å²) in [6.45, 7) is 4.17. The van der Waals surface area contributed by atoms with Crippen molar-refractivity contribution in [2.24, 2.45) is 5.73 Å². The Morgan fingerprint density at radius 1 is 1.20 bits per heavy atom. The van der Waals surface area contributed by atoms with Crippen LogP contribution in [0.25, 0.3) is 5.82 Å². The molecule has 2 amide bonds. The number of aromatic nitrogens is 3. The van der Waals surface area contributed by atoms with Gasteiger partial charge in [-0.25, -0.2) is 9.78 Å². The topological polar surface area (TPSA) is 137 Å². The van der Waals surface area contributed by atoms with Gasteiger partial charge >= 0.3 is 6.03 Å². The van der Waals surface area contributed by atoms with Gasteiger partial charge in [0.1, 0.15) is 5.82 Å². The minimum absolute atomic E-state index is 0.0701. The molecule has 10 nitrogen and oxygen atoms in total. The SMILES string of the molecule is COc1cc(Nc2ncc(C)c(-n3cc(C)c(CNC(N)=O)c3)n2)cc(O)c1OC. The molecule has 3 aromatic rings. The smallest absolute Gasteiger partial charge is 0.312 e. The van der Waals surface area contributed by atoms with Crippen molar-refractivity contribution in [3.05, 3.63) is 47.4 Å². The second kappa shape index (κ2) is 8.60. The molecule has 158 valence electrons. The van der Waals surface area contributed by atoms with E-state index in [1.54, 1.807) is 12.3 Å². The summed E-state index contributed by atoms with van der Waals surface area (Å²) in [5.74, 6) is 1.56. The van der Waals surface area contributed by atoms with E-state index in [9.17, 15) is 9.90 Å². The van der Waals surface area contributed by atoms with Crippen molar-refractivity contribution >= 4 is 17.7 Å². The molecule has 0 unspecified atom stereocenters. The van der Waals surface area contributed by atoms with E-state index in [1.165, 1.54) is 20.3 Å². The highest BCUT2D eigenvalue weighted by molar-refractivity contribution is 5.71. The van der Waals surface area contributed by atoms with E-state index < -0.39 is 6.03 Å². The van der Waals surface area contributed by atoms with Gasteiger partial charge in [0.15, 0.2) is 11.5 Å². The van der Waals surface area contributed by atoms with Crippen LogP contribution in [-0.2, 0) is 6.54 Å². The van der Waals surface area contributed by atoms with Crippen LogP contribution in [0.15, 0.2) is 30.7 Å². The number of benzene rings is 1. The standard InChI is InChI=1S/C20H24N6O4/c1-11-7-23-20(24-14-5-15(27)17(30-4)16(6-14)29-3)25-18(11)26-9-12(2)13(10-26)8-22-19(21)28/h5-7,9-10,27H,8H2,1-4H3,(H3,21,22,28)(H,23,24,25). The first kappa shape index (κ1) is 20.8. The third-order valence-corrected chi connectivity index (χ3v) is 4.49. The molecule has 10 heteroatoms. The highest BCUT2D eigenvalue weighted by Crippen LogP contribution is 2.39. The summed E-state index contributed by atoms with van der Waals surface area (Å²) < 4.78 is 12.3. The van der Waals surface area contributed by atoms with Gasteiger partial charge in [0.2, 0.25) is 11.7 Å². The number of methoxy groups -OCH3 is 2. The fourth-order valence-electron chi connectivity index (χ4n) is 2.99. The number of urea groups is 1. The number of amides is 2. The van der Waals surface area contributed by atoms with E-state index in [4.69, 9.17) is 15.2 Å². The number of rotatable bonds is 7. The van der Waals surface area contributed by atoms with Gasteiger partial charge in [-0.05, 0) is 25.0 Å². The first-order chi connectivity index (χ1) is 14.3. The van der Waals surface area contributed by atoms with Gasteiger partial charge in [0, 0.05) is 48.5 Å². The zero-order valence-corrected chi connectivity index (χ0v) is 17.2. The number of aryl methyl sites for hydroxylation is 2. The lowest BCUT2D eigenvalue weighted by Gasteiger charge is -2.13. The maximum atomic E-state index is 11.0. The molecule has 0 fully saturated rings. The number of hydrogen-bond acceptors (Lipinski definition) is 7. The molecule has 0 spiro atoms. The minimum Gasteiger partial charge on any atom is -0.504 e. The van der Waals surface area contributed by atoms with Crippen LogP contribution in [0.4, 0.5) is 16.4 Å². The van der Waals surface area contributed by atoms with E-state index in [0.717, 1.165) is 16.7 Å². The predicted molar refractivity (Wildman–Crippen MR) is 112 cm³/mol. The zero-order valence-electron chi connectivity index (χ0n) is 17.2. The number of primary amides is 1. The first-order valence-corrected chi connectivity index (χ1v) is 9.09. The molecule has 0 aliphatic carbocycles. The van der Waals surface area contributed by atoms with Crippen LogP contribution >= 0.6 is 0 Å². The Morgan fingerprint density at radius 3 is 2.63 bits per heavy atom. The molecule has 2 heterocycles. The van der Waals surface area contributed by atoms with Gasteiger partial charge in [0.25, 0.3) is 0 Å². The predicted octanol–water partition coefficient (Wildman–Crippen LogP) is 2.52. The summed E-state index contributed by atoms with van der Waals surface area (Å²) in [6.07, 6.45) is 5.49. The maximum Gasteiger partial charge on any atom is 0.312 e. The lowest BCUT2D eigenvalue weighted by atomic mass is 10.2. The van der Waals surface area contributed by atoms with Gasteiger partial charge in [-0.2, -0.15) is 4.98 Å². The molecule has 0 radical (unpaired) electrons. The third-order valence-electron chi connectivity index (χ3n) is 4.49. The number of nitrogens with two attached hydrogens (primary N) is 1. The largest absolute Gasteiger partial charge is 0.504 e. The van der Waals surface area contributed by atoms with Crippen LogP contribution in [0.5, 0.6) is 17.2 Å². The lowest BCUT2D eigenvalue weighted by Crippen LogP contribution is -2.28. The number of nitrogens with one attached hydrogen (secondary N) is 2. The molecule has 0 saturated heterocycles. The number of phenolic OH excluding ortho intramolecular Hbond substituents is 1. The Labute approximate surface area is 173 Å². The van der Waals surface area contributed by atoms with E-state index in [1.807, 2.05) is 30.8 Å². The van der Waals surface area contributed by atoms with Gasteiger partial charge in [-0.15, -0.1) is 0 Å². The van der Waals surface area contributed by atoms with Gasteiger partial charge in [-0.1, -0.05) is 0 Å². The summed E-state index contributed by atoms with van der Waals surface area (Å²) >= 11 is 0. The molecular weight excluding hydrogens is 388 g/mol. The number of aromatic hydroxyl groups is 1. The Bertz CT molecular complexity index is 1080. The number of phenols is 1. The Kier molecular flexibility index (Phi) is 5.95. The number of carbonyl (C=O) groups excluding carboxylic acids is 1. The molecule has 2 aromatic heterocycles. The van der Waals surface area contributed by atoms with Crippen molar-refractivity contribution in [3.63, 3.8) is 0 Å². The molecule has 1 aromatic carbocycles. The summed E-state index contributed by atoms with van der Waals surface area (Å²) in [5.41, 5.74) is 8.46. The Morgan fingerprint density at radius 2 is 1.97 bits per heavy atom. The molecule has 0 aliphatic rings. The van der Waals surface area contributed by atoms with Crippen molar-refractivity contribution in [1.82, 2.24) is 19.9 Å². The number of hydrogen-bond donors (Lipinski definition) is 4.